The van der Waals surface area contributed by atoms with Crippen molar-refractivity contribution in [3.63, 3.8) is 0 Å². The van der Waals surface area contributed by atoms with Crippen LogP contribution in [-0.4, -0.2) is 32.5 Å². The quantitative estimate of drug-likeness (QED) is 0.433. The summed E-state index contributed by atoms with van der Waals surface area (Å²) in [5, 5.41) is 12.9. The fourth-order valence-corrected chi connectivity index (χ4v) is 4.65. The lowest BCUT2D eigenvalue weighted by Crippen LogP contribution is -2.14. The Bertz CT molecular complexity index is 1070. The van der Waals surface area contributed by atoms with Crippen LogP contribution in [0.2, 0.25) is 10.0 Å². The molecule has 0 bridgehead atoms. The van der Waals surface area contributed by atoms with Gasteiger partial charge in [0.25, 0.3) is 0 Å². The monoisotopic (exact) mass is 476 g/mol. The number of hydrogen-bond donors (Lipinski definition) is 1. The zero-order valence-electron chi connectivity index (χ0n) is 17.0. The van der Waals surface area contributed by atoms with Crippen molar-refractivity contribution in [2.24, 2.45) is 7.05 Å². The number of carbonyl (C=O) groups excluding carboxylic acids is 1. The van der Waals surface area contributed by atoms with E-state index in [2.05, 4.69) is 15.5 Å². The Labute approximate surface area is 195 Å². The maximum atomic E-state index is 12.3. The molecule has 0 spiro atoms. The highest BCUT2D eigenvalue weighted by atomic mass is 35.5. The van der Waals surface area contributed by atoms with Crippen LogP contribution in [0.15, 0.2) is 47.6 Å². The Kier molecular flexibility index (Phi) is 7.05. The molecule has 1 N–H and O–H groups in total. The lowest BCUT2D eigenvalue weighted by Gasteiger charge is -2.13. The molecule has 9 heteroatoms. The van der Waals surface area contributed by atoms with E-state index in [0.29, 0.717) is 27.0 Å². The summed E-state index contributed by atoms with van der Waals surface area (Å²) in [6.45, 7) is 0. The molecule has 1 fully saturated rings. The van der Waals surface area contributed by atoms with Gasteiger partial charge >= 0.3 is 0 Å². The summed E-state index contributed by atoms with van der Waals surface area (Å²) in [6, 6.07) is 12.8. The summed E-state index contributed by atoms with van der Waals surface area (Å²) >= 11 is 13.3. The molecule has 2 aromatic carbocycles. The molecule has 0 atom stereocenters. The minimum atomic E-state index is -0.188. The molecule has 1 aromatic heterocycles. The van der Waals surface area contributed by atoms with E-state index in [9.17, 15) is 4.79 Å². The summed E-state index contributed by atoms with van der Waals surface area (Å²) < 4.78 is 7.90. The van der Waals surface area contributed by atoms with Crippen molar-refractivity contribution < 1.29 is 9.53 Å². The number of thioether (sulfide) groups is 1. The number of carbonyl (C=O) groups is 1. The summed E-state index contributed by atoms with van der Waals surface area (Å²) in [5.74, 6) is 1.60. The second-order valence-corrected chi connectivity index (χ2v) is 9.16. The molecule has 1 heterocycles. The summed E-state index contributed by atoms with van der Waals surface area (Å²) in [6.07, 6.45) is 5.07. The molecule has 6 nitrogen and oxygen atoms in total. The van der Waals surface area contributed by atoms with Crippen LogP contribution in [0.5, 0.6) is 5.75 Å². The topological polar surface area (TPSA) is 69.0 Å². The molecule has 1 saturated carbocycles. The number of anilines is 1. The number of amides is 1. The number of rotatable bonds is 7. The van der Waals surface area contributed by atoms with Crippen LogP contribution in [0.25, 0.3) is 11.4 Å². The number of hydrogen-bond acceptors (Lipinski definition) is 5. The predicted octanol–water partition coefficient (Wildman–Crippen LogP) is 5.84. The van der Waals surface area contributed by atoms with Crippen LogP contribution in [0.3, 0.4) is 0 Å². The standard InChI is InChI=1S/C22H22Cl2N4O2S/c1-28-21(14-6-9-17(10-7-14)30-16-4-2-3-5-16)26-27-22(28)31-13-20(29)25-19-11-8-15(23)12-18(19)24/h6-12,16H,2-5,13H2,1H3,(H,25,29). The SMILES string of the molecule is Cn1c(SCC(=O)Nc2ccc(Cl)cc2Cl)nnc1-c1ccc(OC2CCCC2)cc1. The van der Waals surface area contributed by atoms with Crippen LogP contribution in [-0.2, 0) is 11.8 Å². The fourth-order valence-electron chi connectivity index (χ4n) is 3.48. The second kappa shape index (κ2) is 9.94. The lowest BCUT2D eigenvalue weighted by molar-refractivity contribution is -0.113. The van der Waals surface area contributed by atoms with E-state index in [-0.39, 0.29) is 11.7 Å². The molecule has 3 aromatic rings. The van der Waals surface area contributed by atoms with Crippen LogP contribution < -0.4 is 10.1 Å². The molecule has 0 aliphatic heterocycles. The minimum Gasteiger partial charge on any atom is -0.490 e. The Morgan fingerprint density at radius 2 is 1.90 bits per heavy atom. The van der Waals surface area contributed by atoms with Gasteiger partial charge in [0.1, 0.15) is 5.75 Å². The average Bonchev–Trinajstić information content (AvgIpc) is 3.39. The molecular formula is C22H22Cl2N4O2S. The Morgan fingerprint density at radius 1 is 1.16 bits per heavy atom. The van der Waals surface area contributed by atoms with Gasteiger partial charge in [-0.2, -0.15) is 0 Å². The van der Waals surface area contributed by atoms with Crippen molar-refractivity contribution in [3.8, 4) is 17.1 Å². The van der Waals surface area contributed by atoms with E-state index in [0.717, 1.165) is 30.0 Å². The van der Waals surface area contributed by atoms with Crippen molar-refractivity contribution in [2.45, 2.75) is 36.9 Å². The average molecular weight is 477 g/mol. The molecule has 0 unspecified atom stereocenters. The Morgan fingerprint density at radius 3 is 2.61 bits per heavy atom. The first-order valence-corrected chi connectivity index (χ1v) is 11.8. The second-order valence-electron chi connectivity index (χ2n) is 7.37. The van der Waals surface area contributed by atoms with Gasteiger partial charge in [0.2, 0.25) is 5.91 Å². The summed E-state index contributed by atoms with van der Waals surface area (Å²) in [5.41, 5.74) is 1.47. The van der Waals surface area contributed by atoms with Crippen molar-refractivity contribution in [1.29, 1.82) is 0 Å². The molecule has 0 radical (unpaired) electrons. The van der Waals surface area contributed by atoms with Gasteiger partial charge in [0.05, 0.1) is 22.6 Å². The van der Waals surface area contributed by atoms with Crippen LogP contribution in [0.4, 0.5) is 5.69 Å². The van der Waals surface area contributed by atoms with Gasteiger partial charge in [-0.15, -0.1) is 10.2 Å². The third-order valence-electron chi connectivity index (χ3n) is 5.09. The third-order valence-corrected chi connectivity index (χ3v) is 6.66. The van der Waals surface area contributed by atoms with Crippen molar-refractivity contribution >= 4 is 46.6 Å². The van der Waals surface area contributed by atoms with Gasteiger partial charge in [0.15, 0.2) is 11.0 Å². The first-order valence-electron chi connectivity index (χ1n) is 10.0. The molecule has 162 valence electrons. The van der Waals surface area contributed by atoms with E-state index < -0.39 is 0 Å². The first-order chi connectivity index (χ1) is 15.0. The van der Waals surface area contributed by atoms with E-state index in [1.807, 2.05) is 35.9 Å². The zero-order chi connectivity index (χ0) is 21.8. The molecule has 0 saturated heterocycles. The van der Waals surface area contributed by atoms with E-state index in [1.165, 1.54) is 24.6 Å². The maximum absolute atomic E-state index is 12.3. The highest BCUT2D eigenvalue weighted by Crippen LogP contribution is 2.28. The van der Waals surface area contributed by atoms with Gasteiger partial charge in [-0.1, -0.05) is 35.0 Å². The van der Waals surface area contributed by atoms with Gasteiger partial charge < -0.3 is 14.6 Å². The molecule has 31 heavy (non-hydrogen) atoms. The first kappa shape index (κ1) is 22.0. The van der Waals surface area contributed by atoms with Crippen LogP contribution in [0.1, 0.15) is 25.7 Å². The number of halogens is 2. The summed E-state index contributed by atoms with van der Waals surface area (Å²) in [7, 11) is 1.88. The van der Waals surface area contributed by atoms with E-state index in [1.54, 1.807) is 18.2 Å². The number of ether oxygens (including phenoxy) is 1. The normalized spacial score (nSPS) is 14.0. The molecule has 4 rings (SSSR count). The molecule has 1 aliphatic rings. The van der Waals surface area contributed by atoms with Crippen molar-refractivity contribution in [2.75, 3.05) is 11.1 Å². The van der Waals surface area contributed by atoms with Crippen LogP contribution >= 0.6 is 35.0 Å². The largest absolute Gasteiger partial charge is 0.490 e. The maximum Gasteiger partial charge on any atom is 0.234 e. The molecule has 1 aliphatic carbocycles. The number of nitrogens with one attached hydrogen (secondary N) is 1. The fraction of sp³-hybridized carbons (Fsp3) is 0.318. The highest BCUT2D eigenvalue weighted by molar-refractivity contribution is 7.99. The number of aromatic nitrogens is 3. The van der Waals surface area contributed by atoms with Crippen molar-refractivity contribution in [3.05, 3.63) is 52.5 Å². The Balaban J connectivity index is 1.36. The van der Waals surface area contributed by atoms with Gasteiger partial charge in [0, 0.05) is 17.6 Å². The number of benzene rings is 2. The third kappa shape index (κ3) is 5.53. The lowest BCUT2D eigenvalue weighted by atomic mass is 10.2. The summed E-state index contributed by atoms with van der Waals surface area (Å²) in [4.78, 5) is 12.3. The Hall–Kier alpha value is -2.22. The van der Waals surface area contributed by atoms with Gasteiger partial charge in [-0.25, -0.2) is 0 Å². The van der Waals surface area contributed by atoms with Gasteiger partial charge in [-0.3, -0.25) is 4.79 Å². The molecular weight excluding hydrogens is 455 g/mol. The van der Waals surface area contributed by atoms with E-state index >= 15 is 0 Å². The van der Waals surface area contributed by atoms with Gasteiger partial charge in [-0.05, 0) is 68.1 Å². The zero-order valence-corrected chi connectivity index (χ0v) is 19.3. The minimum absolute atomic E-state index is 0.180. The van der Waals surface area contributed by atoms with E-state index in [4.69, 9.17) is 27.9 Å². The predicted molar refractivity (Wildman–Crippen MR) is 125 cm³/mol. The molecule has 1 amide bonds. The highest BCUT2D eigenvalue weighted by Gasteiger charge is 2.17. The van der Waals surface area contributed by atoms with Crippen LogP contribution in [0, 0.1) is 0 Å². The smallest absolute Gasteiger partial charge is 0.234 e. The van der Waals surface area contributed by atoms with Crippen molar-refractivity contribution in [1.82, 2.24) is 14.8 Å². The number of nitrogens with zero attached hydrogens (tertiary/aromatic N) is 3.